The lowest BCUT2D eigenvalue weighted by Gasteiger charge is -2.28. The summed E-state index contributed by atoms with van der Waals surface area (Å²) in [5, 5.41) is 3.44. The zero-order chi connectivity index (χ0) is 13.1. The SMILES string of the molecule is C[C@H]1OCC[C@H]1Nc1ccc(N2CCOCC2)cn1. The number of aromatic nitrogens is 1. The Morgan fingerprint density at radius 3 is 2.74 bits per heavy atom. The fourth-order valence-electron chi connectivity index (χ4n) is 2.59. The maximum absolute atomic E-state index is 5.54. The average molecular weight is 263 g/mol. The Labute approximate surface area is 113 Å². The van der Waals surface area contributed by atoms with Gasteiger partial charge in [0.1, 0.15) is 5.82 Å². The summed E-state index contributed by atoms with van der Waals surface area (Å²) in [7, 11) is 0. The lowest BCUT2D eigenvalue weighted by Crippen LogP contribution is -2.36. The van der Waals surface area contributed by atoms with Gasteiger partial charge in [-0.05, 0) is 25.5 Å². The molecule has 2 aliphatic rings. The smallest absolute Gasteiger partial charge is 0.126 e. The molecule has 19 heavy (non-hydrogen) atoms. The highest BCUT2D eigenvalue weighted by Gasteiger charge is 2.24. The number of morpholine rings is 1. The van der Waals surface area contributed by atoms with Crippen LogP contribution >= 0.6 is 0 Å². The van der Waals surface area contributed by atoms with Crippen LogP contribution in [0.2, 0.25) is 0 Å². The molecule has 5 heteroatoms. The van der Waals surface area contributed by atoms with Gasteiger partial charge in [0, 0.05) is 19.7 Å². The van der Waals surface area contributed by atoms with E-state index in [1.54, 1.807) is 0 Å². The molecule has 0 unspecified atom stereocenters. The van der Waals surface area contributed by atoms with Gasteiger partial charge < -0.3 is 19.7 Å². The fraction of sp³-hybridized carbons (Fsp3) is 0.643. The molecule has 2 atom stereocenters. The Bertz CT molecular complexity index is 404. The van der Waals surface area contributed by atoms with E-state index in [0.29, 0.717) is 6.04 Å². The first-order valence-corrected chi connectivity index (χ1v) is 7.00. The molecule has 1 N–H and O–H groups in total. The van der Waals surface area contributed by atoms with Crippen molar-refractivity contribution in [1.29, 1.82) is 0 Å². The Morgan fingerprint density at radius 1 is 1.26 bits per heavy atom. The maximum Gasteiger partial charge on any atom is 0.126 e. The molecule has 0 bridgehead atoms. The first-order valence-electron chi connectivity index (χ1n) is 7.00. The summed E-state index contributed by atoms with van der Waals surface area (Å²) in [4.78, 5) is 6.81. The topological polar surface area (TPSA) is 46.6 Å². The second kappa shape index (κ2) is 5.75. The van der Waals surface area contributed by atoms with E-state index in [0.717, 1.165) is 45.1 Å². The predicted molar refractivity (Wildman–Crippen MR) is 74.7 cm³/mol. The quantitative estimate of drug-likeness (QED) is 0.895. The third kappa shape index (κ3) is 2.98. The van der Waals surface area contributed by atoms with Crippen LogP contribution in [0.3, 0.4) is 0 Å². The summed E-state index contributed by atoms with van der Waals surface area (Å²) >= 11 is 0. The fourth-order valence-corrected chi connectivity index (χ4v) is 2.59. The average Bonchev–Trinajstić information content (AvgIpc) is 2.86. The molecule has 0 aliphatic carbocycles. The minimum atomic E-state index is 0.265. The van der Waals surface area contributed by atoms with Crippen LogP contribution in [0.1, 0.15) is 13.3 Å². The molecule has 2 fully saturated rings. The number of pyridine rings is 1. The Morgan fingerprint density at radius 2 is 2.11 bits per heavy atom. The van der Waals surface area contributed by atoms with Crippen LogP contribution in [0.4, 0.5) is 11.5 Å². The van der Waals surface area contributed by atoms with Gasteiger partial charge in [0.2, 0.25) is 0 Å². The predicted octanol–water partition coefficient (Wildman–Crippen LogP) is 1.51. The van der Waals surface area contributed by atoms with Crippen molar-refractivity contribution in [2.24, 2.45) is 0 Å². The minimum absolute atomic E-state index is 0.265. The van der Waals surface area contributed by atoms with Gasteiger partial charge in [0.15, 0.2) is 0 Å². The first kappa shape index (κ1) is 12.7. The lowest BCUT2D eigenvalue weighted by molar-refractivity contribution is 0.121. The van der Waals surface area contributed by atoms with Gasteiger partial charge >= 0.3 is 0 Å². The number of nitrogens with zero attached hydrogens (tertiary/aromatic N) is 2. The van der Waals surface area contributed by atoms with Gasteiger partial charge in [-0.2, -0.15) is 0 Å². The van der Waals surface area contributed by atoms with Crippen LogP contribution in [0.15, 0.2) is 18.3 Å². The number of hydrogen-bond acceptors (Lipinski definition) is 5. The Hall–Kier alpha value is -1.33. The van der Waals surface area contributed by atoms with Crippen molar-refractivity contribution in [2.75, 3.05) is 43.1 Å². The number of anilines is 2. The van der Waals surface area contributed by atoms with Crippen molar-refractivity contribution < 1.29 is 9.47 Å². The third-order valence-electron chi connectivity index (χ3n) is 3.83. The summed E-state index contributed by atoms with van der Waals surface area (Å²) < 4.78 is 10.9. The molecule has 1 aromatic rings. The highest BCUT2D eigenvalue weighted by molar-refractivity contribution is 5.50. The first-order chi connectivity index (χ1) is 9.33. The molecule has 0 saturated carbocycles. The van der Waals surface area contributed by atoms with Crippen molar-refractivity contribution >= 4 is 11.5 Å². The van der Waals surface area contributed by atoms with Crippen LogP contribution in [-0.4, -0.2) is 50.0 Å². The monoisotopic (exact) mass is 263 g/mol. The number of nitrogens with one attached hydrogen (secondary N) is 1. The number of rotatable bonds is 3. The molecule has 0 amide bonds. The number of ether oxygens (including phenoxy) is 2. The largest absolute Gasteiger partial charge is 0.378 e. The van der Waals surface area contributed by atoms with Crippen LogP contribution in [-0.2, 0) is 9.47 Å². The molecule has 0 radical (unpaired) electrons. The van der Waals surface area contributed by atoms with E-state index in [2.05, 4.69) is 34.3 Å². The second-order valence-electron chi connectivity index (χ2n) is 5.12. The van der Waals surface area contributed by atoms with E-state index in [9.17, 15) is 0 Å². The van der Waals surface area contributed by atoms with Gasteiger partial charge in [0.25, 0.3) is 0 Å². The minimum Gasteiger partial charge on any atom is -0.378 e. The summed E-state index contributed by atoms with van der Waals surface area (Å²) in [6, 6.07) is 4.55. The van der Waals surface area contributed by atoms with Crippen LogP contribution in [0.5, 0.6) is 0 Å². The zero-order valence-electron chi connectivity index (χ0n) is 11.3. The maximum atomic E-state index is 5.54. The molecule has 2 saturated heterocycles. The standard InChI is InChI=1S/C14H21N3O2/c1-11-13(4-7-19-11)16-14-3-2-12(10-15-14)17-5-8-18-9-6-17/h2-3,10-11,13H,4-9H2,1H3,(H,15,16)/t11-,13-/m1/s1. The van der Waals surface area contributed by atoms with Crippen molar-refractivity contribution in [1.82, 2.24) is 4.98 Å². The second-order valence-corrected chi connectivity index (χ2v) is 5.12. The van der Waals surface area contributed by atoms with Crippen molar-refractivity contribution in [3.05, 3.63) is 18.3 Å². The summed E-state index contributed by atoms with van der Waals surface area (Å²) in [6.07, 6.45) is 3.25. The molecule has 0 spiro atoms. The van der Waals surface area contributed by atoms with Crippen LogP contribution < -0.4 is 10.2 Å². The third-order valence-corrected chi connectivity index (χ3v) is 3.83. The van der Waals surface area contributed by atoms with E-state index in [4.69, 9.17) is 9.47 Å². The van der Waals surface area contributed by atoms with E-state index in [-0.39, 0.29) is 6.10 Å². The Kier molecular flexibility index (Phi) is 3.84. The molecule has 2 aliphatic heterocycles. The van der Waals surface area contributed by atoms with E-state index >= 15 is 0 Å². The Balaban J connectivity index is 1.61. The lowest BCUT2D eigenvalue weighted by atomic mass is 10.1. The molecule has 5 nitrogen and oxygen atoms in total. The summed E-state index contributed by atoms with van der Waals surface area (Å²) in [5.41, 5.74) is 1.17. The molecular weight excluding hydrogens is 242 g/mol. The van der Waals surface area contributed by atoms with E-state index < -0.39 is 0 Å². The molecule has 3 heterocycles. The molecular formula is C14H21N3O2. The summed E-state index contributed by atoms with van der Waals surface area (Å²) in [6.45, 7) is 6.44. The highest BCUT2D eigenvalue weighted by Crippen LogP contribution is 2.20. The number of hydrogen-bond donors (Lipinski definition) is 1. The van der Waals surface area contributed by atoms with Crippen molar-refractivity contribution in [2.45, 2.75) is 25.5 Å². The normalized spacial score (nSPS) is 27.5. The highest BCUT2D eigenvalue weighted by atomic mass is 16.5. The van der Waals surface area contributed by atoms with E-state index in [1.807, 2.05) is 6.20 Å². The van der Waals surface area contributed by atoms with E-state index in [1.165, 1.54) is 5.69 Å². The van der Waals surface area contributed by atoms with Crippen molar-refractivity contribution in [3.8, 4) is 0 Å². The molecule has 0 aromatic carbocycles. The van der Waals surface area contributed by atoms with Gasteiger partial charge in [-0.3, -0.25) is 0 Å². The van der Waals surface area contributed by atoms with Crippen LogP contribution in [0, 0.1) is 0 Å². The molecule has 1 aromatic heterocycles. The van der Waals surface area contributed by atoms with Crippen molar-refractivity contribution in [3.63, 3.8) is 0 Å². The summed E-state index contributed by atoms with van der Waals surface area (Å²) in [5.74, 6) is 0.930. The zero-order valence-corrected chi connectivity index (χ0v) is 11.3. The van der Waals surface area contributed by atoms with Gasteiger partial charge in [-0.15, -0.1) is 0 Å². The molecule has 3 rings (SSSR count). The van der Waals surface area contributed by atoms with Crippen LogP contribution in [0.25, 0.3) is 0 Å². The molecule has 104 valence electrons. The van der Waals surface area contributed by atoms with Gasteiger partial charge in [0.05, 0.1) is 37.2 Å². The van der Waals surface area contributed by atoms with Gasteiger partial charge in [-0.1, -0.05) is 0 Å². The van der Waals surface area contributed by atoms with Gasteiger partial charge in [-0.25, -0.2) is 4.98 Å².